The molecule has 1 aliphatic heterocycles. The molecule has 1 aromatic rings. The molecule has 0 bridgehead atoms. The second-order valence-corrected chi connectivity index (χ2v) is 6.28. The van der Waals surface area contributed by atoms with Crippen molar-refractivity contribution in [1.29, 1.82) is 0 Å². The number of nitrogens with zero attached hydrogens (tertiary/aromatic N) is 3. The predicted molar refractivity (Wildman–Crippen MR) is 79.6 cm³/mol. The lowest BCUT2D eigenvalue weighted by atomic mass is 9.97. The Hall–Kier alpha value is -1.09. The maximum atomic E-state index is 4.43. The Bertz CT molecular complexity index is 411. The molecule has 0 amide bonds. The highest BCUT2D eigenvalue weighted by Crippen LogP contribution is 2.28. The van der Waals surface area contributed by atoms with E-state index in [4.69, 9.17) is 0 Å². The summed E-state index contributed by atoms with van der Waals surface area (Å²) >= 11 is 0. The number of aromatic nitrogens is 1. The molecule has 104 valence electrons. The van der Waals surface area contributed by atoms with Gasteiger partial charge in [-0.3, -0.25) is 4.98 Å². The zero-order valence-electron chi connectivity index (χ0n) is 12.2. The van der Waals surface area contributed by atoms with Crippen molar-refractivity contribution >= 4 is 5.69 Å². The normalized spacial score (nSPS) is 23.9. The molecule has 1 atom stereocenters. The minimum Gasteiger partial charge on any atom is -0.370 e. The maximum Gasteiger partial charge on any atom is 0.0553 e. The van der Waals surface area contributed by atoms with Crippen LogP contribution in [0, 0.1) is 12.8 Å². The molecular weight excluding hydrogens is 234 g/mol. The molecular formula is C16H25N3. The Balaban J connectivity index is 1.59. The zero-order chi connectivity index (χ0) is 13.2. The molecule has 0 aromatic carbocycles. The Morgan fingerprint density at radius 2 is 2.16 bits per heavy atom. The van der Waals surface area contributed by atoms with Gasteiger partial charge in [0, 0.05) is 31.4 Å². The molecule has 2 fully saturated rings. The van der Waals surface area contributed by atoms with E-state index in [0.717, 1.165) is 17.7 Å². The first-order chi connectivity index (χ1) is 9.22. The molecule has 1 aromatic heterocycles. The van der Waals surface area contributed by atoms with Gasteiger partial charge in [-0.25, -0.2) is 0 Å². The summed E-state index contributed by atoms with van der Waals surface area (Å²) in [6.45, 7) is 5.70. The third-order valence-electron chi connectivity index (χ3n) is 4.50. The van der Waals surface area contributed by atoms with Gasteiger partial charge in [-0.2, -0.15) is 0 Å². The predicted octanol–water partition coefficient (Wildman–Crippen LogP) is 2.70. The van der Waals surface area contributed by atoms with E-state index >= 15 is 0 Å². The van der Waals surface area contributed by atoms with Gasteiger partial charge in [-0.1, -0.05) is 0 Å². The van der Waals surface area contributed by atoms with Gasteiger partial charge >= 0.3 is 0 Å². The van der Waals surface area contributed by atoms with E-state index in [1.165, 1.54) is 51.0 Å². The fraction of sp³-hybridized carbons (Fsp3) is 0.688. The van der Waals surface area contributed by atoms with Crippen LogP contribution >= 0.6 is 0 Å². The van der Waals surface area contributed by atoms with Crippen LogP contribution < -0.4 is 4.90 Å². The van der Waals surface area contributed by atoms with Crippen LogP contribution in [-0.4, -0.2) is 42.6 Å². The summed E-state index contributed by atoms with van der Waals surface area (Å²) < 4.78 is 0. The minimum atomic E-state index is 0.820. The SMILES string of the molecule is Cc1ccc(N2CCCC(CN(C)C3CC3)C2)cn1. The van der Waals surface area contributed by atoms with E-state index in [1.807, 2.05) is 13.1 Å². The zero-order valence-corrected chi connectivity index (χ0v) is 12.2. The Labute approximate surface area is 116 Å². The first-order valence-corrected chi connectivity index (χ1v) is 7.60. The molecule has 3 nitrogen and oxygen atoms in total. The number of piperidine rings is 1. The summed E-state index contributed by atoms with van der Waals surface area (Å²) in [5.74, 6) is 0.820. The van der Waals surface area contributed by atoms with Crippen molar-refractivity contribution in [3.8, 4) is 0 Å². The highest BCUT2D eigenvalue weighted by atomic mass is 15.2. The quantitative estimate of drug-likeness (QED) is 0.829. The maximum absolute atomic E-state index is 4.43. The molecule has 19 heavy (non-hydrogen) atoms. The fourth-order valence-electron chi connectivity index (χ4n) is 3.17. The van der Waals surface area contributed by atoms with Gasteiger partial charge in [-0.05, 0) is 57.7 Å². The van der Waals surface area contributed by atoms with Crippen molar-refractivity contribution in [1.82, 2.24) is 9.88 Å². The lowest BCUT2D eigenvalue weighted by Gasteiger charge is -2.36. The smallest absolute Gasteiger partial charge is 0.0553 e. The van der Waals surface area contributed by atoms with Crippen LogP contribution in [0.2, 0.25) is 0 Å². The summed E-state index contributed by atoms with van der Waals surface area (Å²) in [6, 6.07) is 5.22. The molecule has 1 aliphatic carbocycles. The lowest BCUT2D eigenvalue weighted by molar-refractivity contribution is 0.247. The van der Waals surface area contributed by atoms with Crippen molar-refractivity contribution in [2.75, 3.05) is 31.6 Å². The monoisotopic (exact) mass is 259 g/mol. The van der Waals surface area contributed by atoms with E-state index < -0.39 is 0 Å². The van der Waals surface area contributed by atoms with E-state index in [0.29, 0.717) is 0 Å². The molecule has 1 saturated carbocycles. The third-order valence-corrected chi connectivity index (χ3v) is 4.50. The molecule has 3 rings (SSSR count). The Kier molecular flexibility index (Phi) is 3.74. The molecule has 1 saturated heterocycles. The summed E-state index contributed by atoms with van der Waals surface area (Å²) in [7, 11) is 2.30. The average molecular weight is 259 g/mol. The van der Waals surface area contributed by atoms with Gasteiger partial charge < -0.3 is 9.80 Å². The van der Waals surface area contributed by atoms with Crippen LogP contribution in [0.1, 0.15) is 31.4 Å². The molecule has 2 aliphatic rings. The van der Waals surface area contributed by atoms with Crippen LogP contribution in [0.4, 0.5) is 5.69 Å². The van der Waals surface area contributed by atoms with E-state index in [2.05, 4.69) is 34.0 Å². The topological polar surface area (TPSA) is 19.4 Å². The van der Waals surface area contributed by atoms with Crippen molar-refractivity contribution < 1.29 is 0 Å². The second kappa shape index (κ2) is 5.49. The van der Waals surface area contributed by atoms with E-state index in [-0.39, 0.29) is 0 Å². The van der Waals surface area contributed by atoms with Gasteiger partial charge in [0.1, 0.15) is 0 Å². The van der Waals surface area contributed by atoms with Gasteiger partial charge in [0.25, 0.3) is 0 Å². The number of pyridine rings is 1. The van der Waals surface area contributed by atoms with Crippen LogP contribution in [-0.2, 0) is 0 Å². The molecule has 0 spiro atoms. The second-order valence-electron chi connectivity index (χ2n) is 6.28. The van der Waals surface area contributed by atoms with E-state index in [9.17, 15) is 0 Å². The van der Waals surface area contributed by atoms with Crippen molar-refractivity contribution in [2.24, 2.45) is 5.92 Å². The van der Waals surface area contributed by atoms with Crippen LogP contribution in [0.15, 0.2) is 18.3 Å². The molecule has 1 unspecified atom stereocenters. The highest BCUT2D eigenvalue weighted by Gasteiger charge is 2.29. The highest BCUT2D eigenvalue weighted by molar-refractivity contribution is 5.44. The van der Waals surface area contributed by atoms with Crippen LogP contribution in [0.25, 0.3) is 0 Å². The number of rotatable bonds is 4. The molecule has 3 heteroatoms. The fourth-order valence-corrected chi connectivity index (χ4v) is 3.17. The van der Waals surface area contributed by atoms with Crippen LogP contribution in [0.3, 0.4) is 0 Å². The third kappa shape index (κ3) is 3.27. The lowest BCUT2D eigenvalue weighted by Crippen LogP contribution is -2.40. The largest absolute Gasteiger partial charge is 0.370 e. The minimum absolute atomic E-state index is 0.820. The Morgan fingerprint density at radius 1 is 1.32 bits per heavy atom. The van der Waals surface area contributed by atoms with Crippen molar-refractivity contribution in [2.45, 2.75) is 38.6 Å². The van der Waals surface area contributed by atoms with Crippen molar-refractivity contribution in [3.05, 3.63) is 24.0 Å². The molecule has 0 N–H and O–H groups in total. The summed E-state index contributed by atoms with van der Waals surface area (Å²) in [4.78, 5) is 9.51. The summed E-state index contributed by atoms with van der Waals surface area (Å²) in [5, 5.41) is 0. The van der Waals surface area contributed by atoms with Gasteiger partial charge in [0.05, 0.1) is 11.9 Å². The van der Waals surface area contributed by atoms with Crippen molar-refractivity contribution in [3.63, 3.8) is 0 Å². The summed E-state index contributed by atoms with van der Waals surface area (Å²) in [6.07, 6.45) is 7.55. The number of anilines is 1. The molecule has 2 heterocycles. The first-order valence-electron chi connectivity index (χ1n) is 7.60. The van der Waals surface area contributed by atoms with Crippen LogP contribution in [0.5, 0.6) is 0 Å². The Morgan fingerprint density at radius 3 is 2.84 bits per heavy atom. The van der Waals surface area contributed by atoms with Gasteiger partial charge in [-0.15, -0.1) is 0 Å². The van der Waals surface area contributed by atoms with Gasteiger partial charge in [0.15, 0.2) is 0 Å². The first kappa shape index (κ1) is 12.9. The standard InChI is InChI=1S/C16H25N3/c1-13-5-6-16(10-17-13)19-9-3-4-14(12-19)11-18(2)15-7-8-15/h5-6,10,14-15H,3-4,7-9,11-12H2,1-2H3. The number of hydrogen-bond acceptors (Lipinski definition) is 3. The number of hydrogen-bond donors (Lipinski definition) is 0. The van der Waals surface area contributed by atoms with Gasteiger partial charge in [0.2, 0.25) is 0 Å². The number of aryl methyl sites for hydroxylation is 1. The average Bonchev–Trinajstić information content (AvgIpc) is 3.24. The summed E-state index contributed by atoms with van der Waals surface area (Å²) in [5.41, 5.74) is 2.40. The molecule has 0 radical (unpaired) electrons. The van der Waals surface area contributed by atoms with E-state index in [1.54, 1.807) is 0 Å².